The molecule has 0 aromatic heterocycles. The van der Waals surface area contributed by atoms with E-state index in [0.717, 1.165) is 40.6 Å². The fourth-order valence-electron chi connectivity index (χ4n) is 5.51. The van der Waals surface area contributed by atoms with Gasteiger partial charge in [0.2, 0.25) is 0 Å². The van der Waals surface area contributed by atoms with E-state index in [0.29, 0.717) is 11.3 Å². The van der Waals surface area contributed by atoms with Crippen LogP contribution in [-0.4, -0.2) is 26.2 Å². The molecule has 0 saturated carbocycles. The van der Waals surface area contributed by atoms with Crippen LogP contribution in [0.3, 0.4) is 0 Å². The minimum atomic E-state index is -0.827. The molecule has 36 heavy (non-hydrogen) atoms. The Balaban J connectivity index is 1.52. The maximum atomic E-state index is 12.7. The van der Waals surface area contributed by atoms with Gasteiger partial charge in [0.15, 0.2) is 5.60 Å². The molecule has 180 valence electrons. The first-order valence-corrected chi connectivity index (χ1v) is 12.6. The highest BCUT2D eigenvalue weighted by Gasteiger charge is 2.39. The number of benzene rings is 4. The van der Waals surface area contributed by atoms with Gasteiger partial charge >= 0.3 is 5.97 Å². The number of hydrogen-bond donors (Lipinski definition) is 0. The van der Waals surface area contributed by atoms with E-state index < -0.39 is 5.60 Å². The van der Waals surface area contributed by atoms with Gasteiger partial charge in [-0.2, -0.15) is 0 Å². The van der Waals surface area contributed by atoms with Crippen LogP contribution in [0.15, 0.2) is 91.0 Å². The van der Waals surface area contributed by atoms with Crippen molar-refractivity contribution in [3.05, 3.63) is 113 Å². The first-order valence-electron chi connectivity index (χ1n) is 12.6. The van der Waals surface area contributed by atoms with E-state index in [1.807, 2.05) is 54.6 Å². The fourth-order valence-corrected chi connectivity index (χ4v) is 5.51. The van der Waals surface area contributed by atoms with E-state index >= 15 is 0 Å². The maximum absolute atomic E-state index is 12.7. The molecule has 2 aliphatic rings. The zero-order valence-electron chi connectivity index (χ0n) is 20.4. The first-order chi connectivity index (χ1) is 17.7. The smallest absolute Gasteiger partial charge is 0.338 e. The second-order valence-electron chi connectivity index (χ2n) is 9.51. The van der Waals surface area contributed by atoms with Crippen molar-refractivity contribution in [2.24, 2.45) is 0 Å². The number of carbonyl (C=O) groups is 1. The summed E-state index contributed by atoms with van der Waals surface area (Å²) in [6.07, 6.45) is 7.89. The third-order valence-corrected chi connectivity index (χ3v) is 7.41. The Labute approximate surface area is 211 Å². The summed E-state index contributed by atoms with van der Waals surface area (Å²) in [6, 6.07) is 29.0. The molecule has 0 amide bonds. The predicted octanol–water partition coefficient (Wildman–Crippen LogP) is 6.97. The minimum absolute atomic E-state index is 0.372. The van der Waals surface area contributed by atoms with Gasteiger partial charge in [0.05, 0.1) is 12.7 Å². The number of hydrogen-bond acceptors (Lipinski definition) is 4. The lowest BCUT2D eigenvalue weighted by atomic mass is 9.82. The summed E-state index contributed by atoms with van der Waals surface area (Å²) in [5.41, 5.74) is 3.75. The Morgan fingerprint density at radius 1 is 0.861 bits per heavy atom. The third-order valence-electron chi connectivity index (χ3n) is 7.41. The first kappa shape index (κ1) is 22.4. The van der Waals surface area contributed by atoms with Crippen LogP contribution < -0.4 is 9.64 Å². The minimum Gasteiger partial charge on any atom is -0.472 e. The second kappa shape index (κ2) is 9.19. The summed E-state index contributed by atoms with van der Waals surface area (Å²) in [5.74, 6) is 0.323. The van der Waals surface area contributed by atoms with E-state index in [4.69, 9.17) is 9.47 Å². The monoisotopic (exact) mass is 475 g/mol. The molecule has 2 aliphatic heterocycles. The van der Waals surface area contributed by atoms with E-state index in [9.17, 15) is 4.79 Å². The molecule has 0 spiro atoms. The Kier molecular flexibility index (Phi) is 5.73. The molecule has 0 aliphatic carbocycles. The largest absolute Gasteiger partial charge is 0.472 e. The average Bonchev–Trinajstić information content (AvgIpc) is 2.97. The number of rotatable bonds is 4. The van der Waals surface area contributed by atoms with Gasteiger partial charge in [0, 0.05) is 40.9 Å². The number of carbonyl (C=O) groups excluding carboxylic acids is 1. The van der Waals surface area contributed by atoms with E-state index in [1.165, 1.54) is 32.1 Å². The van der Waals surface area contributed by atoms with Crippen LogP contribution in [0.25, 0.3) is 16.8 Å². The molecule has 4 aromatic rings. The van der Waals surface area contributed by atoms with Crippen molar-refractivity contribution >= 4 is 28.5 Å². The van der Waals surface area contributed by atoms with E-state index in [2.05, 4.69) is 47.4 Å². The van der Waals surface area contributed by atoms with Crippen LogP contribution in [0.4, 0.5) is 5.69 Å². The maximum Gasteiger partial charge on any atom is 0.338 e. The number of nitrogens with zero attached hydrogens (tertiary/aromatic N) is 1. The number of ether oxygens (including phenoxy) is 2. The molecule has 4 heteroatoms. The van der Waals surface area contributed by atoms with Gasteiger partial charge in [-0.15, -0.1) is 0 Å². The summed E-state index contributed by atoms with van der Waals surface area (Å²) in [4.78, 5) is 15.2. The lowest BCUT2D eigenvalue weighted by Gasteiger charge is -2.37. The topological polar surface area (TPSA) is 38.8 Å². The Hall–Kier alpha value is -4.05. The van der Waals surface area contributed by atoms with Gasteiger partial charge in [0.1, 0.15) is 5.75 Å². The van der Waals surface area contributed by atoms with Crippen molar-refractivity contribution in [2.45, 2.75) is 24.9 Å². The second-order valence-corrected chi connectivity index (χ2v) is 9.51. The van der Waals surface area contributed by atoms with Crippen molar-refractivity contribution in [1.29, 1.82) is 0 Å². The molecule has 1 fully saturated rings. The van der Waals surface area contributed by atoms with Crippen molar-refractivity contribution in [2.75, 3.05) is 25.1 Å². The molecule has 2 heterocycles. The van der Waals surface area contributed by atoms with Crippen LogP contribution in [0.1, 0.15) is 46.3 Å². The van der Waals surface area contributed by atoms with E-state index in [1.54, 1.807) is 0 Å². The predicted molar refractivity (Wildman–Crippen MR) is 145 cm³/mol. The highest BCUT2D eigenvalue weighted by atomic mass is 16.5. The Morgan fingerprint density at radius 2 is 1.56 bits per heavy atom. The molecule has 6 rings (SSSR count). The molecule has 1 unspecified atom stereocenters. The zero-order chi connectivity index (χ0) is 24.5. The Morgan fingerprint density at radius 3 is 2.31 bits per heavy atom. The highest BCUT2D eigenvalue weighted by Crippen LogP contribution is 2.46. The van der Waals surface area contributed by atoms with Crippen molar-refractivity contribution < 1.29 is 14.3 Å². The molecular weight excluding hydrogens is 446 g/mol. The third kappa shape index (κ3) is 3.74. The number of esters is 1. The van der Waals surface area contributed by atoms with Gasteiger partial charge in [-0.1, -0.05) is 66.7 Å². The van der Waals surface area contributed by atoms with E-state index in [-0.39, 0.29) is 5.97 Å². The number of piperidine rings is 1. The number of fused-ring (bicyclic) bond motifs is 3. The van der Waals surface area contributed by atoms with Gasteiger partial charge in [0.25, 0.3) is 0 Å². The molecule has 0 bridgehead atoms. The lowest BCUT2D eigenvalue weighted by molar-refractivity contribution is 0.0599. The summed E-state index contributed by atoms with van der Waals surface area (Å²) in [5, 5.41) is 1.91. The van der Waals surface area contributed by atoms with Gasteiger partial charge in [-0.3, -0.25) is 0 Å². The molecule has 4 nitrogen and oxygen atoms in total. The normalized spacial score (nSPS) is 19.0. The summed E-state index contributed by atoms with van der Waals surface area (Å²) in [7, 11) is 1.41. The molecule has 1 atom stereocenters. The van der Waals surface area contributed by atoms with Crippen molar-refractivity contribution in [3.8, 4) is 5.75 Å². The molecular formula is C32H29NO3. The summed E-state index contributed by atoms with van der Waals surface area (Å²) in [6.45, 7) is 2.21. The molecule has 4 aromatic carbocycles. The molecule has 0 radical (unpaired) electrons. The SMILES string of the molecule is COC(=O)c1cc2ccccc2c2c1C=CC(c1ccccc1)(c1ccc(N3CCCCC3)cc1)O2. The standard InChI is InChI=1S/C32H29NO3/c1-35-31(34)29-22-23-10-6-7-13-27(23)30-28(29)18-19-32(36-30,24-11-4-2-5-12-24)25-14-16-26(17-15-25)33-20-8-3-9-21-33/h2,4-7,10-19,22H,3,8-9,20-21H2,1H3. The van der Waals surface area contributed by atoms with Gasteiger partial charge in [-0.25, -0.2) is 4.79 Å². The zero-order valence-corrected chi connectivity index (χ0v) is 20.4. The van der Waals surface area contributed by atoms with Gasteiger partial charge in [-0.05, 0) is 55.0 Å². The van der Waals surface area contributed by atoms with Crippen LogP contribution in [0.2, 0.25) is 0 Å². The van der Waals surface area contributed by atoms with Gasteiger partial charge < -0.3 is 14.4 Å². The molecule has 1 saturated heterocycles. The van der Waals surface area contributed by atoms with Crippen LogP contribution in [0, 0.1) is 0 Å². The molecule has 0 N–H and O–H groups in total. The van der Waals surface area contributed by atoms with Crippen molar-refractivity contribution in [3.63, 3.8) is 0 Å². The number of methoxy groups -OCH3 is 1. The van der Waals surface area contributed by atoms with Crippen LogP contribution in [0.5, 0.6) is 5.75 Å². The van der Waals surface area contributed by atoms with Crippen molar-refractivity contribution in [1.82, 2.24) is 0 Å². The average molecular weight is 476 g/mol. The lowest BCUT2D eigenvalue weighted by Crippen LogP contribution is -2.35. The quantitative estimate of drug-likeness (QED) is 0.299. The number of anilines is 1. The van der Waals surface area contributed by atoms with Crippen LogP contribution in [-0.2, 0) is 10.3 Å². The fraction of sp³-hybridized carbons (Fsp3) is 0.219. The van der Waals surface area contributed by atoms with Crippen LogP contribution >= 0.6 is 0 Å². The highest BCUT2D eigenvalue weighted by molar-refractivity contribution is 6.04. The summed E-state index contributed by atoms with van der Waals surface area (Å²) >= 11 is 0. The Bertz CT molecular complexity index is 1440. The summed E-state index contributed by atoms with van der Waals surface area (Å²) < 4.78 is 12.1.